The molecule has 6 rings (SSSR count). The van der Waals surface area contributed by atoms with Gasteiger partial charge in [0.1, 0.15) is 5.82 Å². The molecule has 0 amide bonds. The van der Waals surface area contributed by atoms with Crippen molar-refractivity contribution < 1.29 is 26.7 Å². The predicted octanol–water partition coefficient (Wildman–Crippen LogP) is 6.10. The lowest BCUT2D eigenvalue weighted by atomic mass is 10.0. The number of thiophene rings is 1. The Balaban J connectivity index is 1.51. The molecule has 1 saturated heterocycles. The highest BCUT2D eigenvalue weighted by Crippen LogP contribution is 2.41. The van der Waals surface area contributed by atoms with Crippen molar-refractivity contribution in [3.8, 4) is 27.3 Å². The van der Waals surface area contributed by atoms with E-state index in [2.05, 4.69) is 16.0 Å². The second-order valence-electron chi connectivity index (χ2n) is 9.87. The van der Waals surface area contributed by atoms with Gasteiger partial charge in [-0.05, 0) is 43.3 Å². The topological polar surface area (TPSA) is 73.7 Å². The van der Waals surface area contributed by atoms with Gasteiger partial charge in [-0.2, -0.15) is 0 Å². The highest BCUT2D eigenvalue weighted by molar-refractivity contribution is 7.90. The molecular weight excluding hydrogens is 568 g/mol. The number of hydrogen-bond donors (Lipinski definition) is 0. The minimum atomic E-state index is -4.09. The normalized spacial score (nSPS) is 14.5. The maximum absolute atomic E-state index is 14.8. The quantitative estimate of drug-likeness (QED) is 0.227. The van der Waals surface area contributed by atoms with Gasteiger partial charge in [0.15, 0.2) is 17.2 Å². The maximum Gasteiger partial charge on any atom is 0.269 e. The average Bonchev–Trinajstić information content (AvgIpc) is 3.58. The molecule has 0 spiro atoms. The smallest absolute Gasteiger partial charge is 0.269 e. The minimum absolute atomic E-state index is 0.0702. The number of ether oxygens (including phenoxy) is 2. The lowest BCUT2D eigenvalue weighted by Gasteiger charge is -2.25. The highest BCUT2D eigenvalue weighted by atomic mass is 32.2. The van der Waals surface area contributed by atoms with Crippen LogP contribution >= 0.6 is 11.3 Å². The predicted molar refractivity (Wildman–Crippen MR) is 155 cm³/mol. The summed E-state index contributed by atoms with van der Waals surface area (Å²) in [5.74, 6) is -1.89. The molecule has 7 nitrogen and oxygen atoms in total. The molecule has 0 bridgehead atoms. The van der Waals surface area contributed by atoms with Crippen molar-refractivity contribution in [2.45, 2.75) is 18.4 Å². The third-order valence-corrected chi connectivity index (χ3v) is 9.90. The monoisotopic (exact) mass is 595 g/mol. The van der Waals surface area contributed by atoms with E-state index in [0.29, 0.717) is 18.6 Å². The number of rotatable bonds is 7. The highest BCUT2D eigenvalue weighted by Gasteiger charge is 2.26. The van der Waals surface area contributed by atoms with Crippen LogP contribution in [0.3, 0.4) is 0 Å². The Morgan fingerprint density at radius 1 is 1.02 bits per heavy atom. The van der Waals surface area contributed by atoms with Crippen LogP contribution in [0, 0.1) is 18.6 Å². The number of hydrogen-bond acceptors (Lipinski definition) is 7. The fourth-order valence-electron chi connectivity index (χ4n) is 5.00. The SMILES string of the molecule is COc1c(F)cc(F)cc1-c1cn(S(=O)(=O)c2ccc(C)cc2)c2ncc(-c3ccc(CN4CCOCC4)s3)cc12. The third-order valence-electron chi connectivity index (χ3n) is 7.12. The lowest BCUT2D eigenvalue weighted by Crippen LogP contribution is -2.35. The summed E-state index contributed by atoms with van der Waals surface area (Å²) in [6.45, 7) is 5.85. The standard InChI is InChI=1S/C30H27F2N3O4S2/c1-19-3-6-23(7-4-19)41(36,37)35-18-26(24-14-21(31)15-27(32)29(24)38-2)25-13-20(16-33-30(25)35)28-8-5-22(40-28)17-34-9-11-39-12-10-34/h3-8,13-16,18H,9-12,17H2,1-2H3. The van der Waals surface area contributed by atoms with Crippen molar-refractivity contribution >= 4 is 32.4 Å². The number of benzene rings is 2. The fourth-order valence-corrected chi connectivity index (χ4v) is 7.36. The Bertz CT molecular complexity index is 1840. The number of pyridine rings is 1. The molecule has 212 valence electrons. The summed E-state index contributed by atoms with van der Waals surface area (Å²) in [6.07, 6.45) is 2.98. The van der Waals surface area contributed by atoms with Crippen molar-refractivity contribution in [2.24, 2.45) is 0 Å². The third kappa shape index (κ3) is 5.26. The van der Waals surface area contributed by atoms with Crippen LogP contribution in [0.4, 0.5) is 8.78 Å². The Labute approximate surface area is 240 Å². The van der Waals surface area contributed by atoms with E-state index >= 15 is 0 Å². The van der Waals surface area contributed by atoms with Crippen LogP contribution in [-0.4, -0.2) is 55.7 Å². The fraction of sp³-hybridized carbons (Fsp3) is 0.233. The number of aromatic nitrogens is 2. The molecule has 1 aliphatic rings. The van der Waals surface area contributed by atoms with Gasteiger partial charge >= 0.3 is 0 Å². The first-order valence-electron chi connectivity index (χ1n) is 13.0. The minimum Gasteiger partial charge on any atom is -0.493 e. The number of fused-ring (bicyclic) bond motifs is 1. The van der Waals surface area contributed by atoms with Crippen molar-refractivity contribution in [1.82, 2.24) is 13.9 Å². The molecule has 3 aromatic heterocycles. The molecule has 11 heteroatoms. The Kier molecular flexibility index (Phi) is 7.37. The van der Waals surface area contributed by atoms with Gasteiger partial charge in [0, 0.05) is 69.9 Å². The van der Waals surface area contributed by atoms with E-state index in [1.54, 1.807) is 29.7 Å². The molecule has 41 heavy (non-hydrogen) atoms. The van der Waals surface area contributed by atoms with E-state index < -0.39 is 21.7 Å². The molecule has 0 aliphatic carbocycles. The molecule has 5 aromatic rings. The molecule has 0 unspecified atom stereocenters. The summed E-state index contributed by atoms with van der Waals surface area (Å²) in [7, 11) is -2.80. The van der Waals surface area contributed by atoms with E-state index in [4.69, 9.17) is 9.47 Å². The van der Waals surface area contributed by atoms with Gasteiger partial charge in [-0.3, -0.25) is 4.90 Å². The van der Waals surface area contributed by atoms with Crippen molar-refractivity contribution in [3.63, 3.8) is 0 Å². The lowest BCUT2D eigenvalue weighted by molar-refractivity contribution is 0.0346. The first kappa shape index (κ1) is 27.5. The van der Waals surface area contributed by atoms with E-state index in [0.717, 1.165) is 51.7 Å². The molecule has 0 atom stereocenters. The number of morpholine rings is 1. The molecule has 1 aliphatic heterocycles. The molecule has 2 aromatic carbocycles. The summed E-state index contributed by atoms with van der Waals surface area (Å²) in [4.78, 5) is 9.10. The van der Waals surface area contributed by atoms with Gasteiger partial charge < -0.3 is 9.47 Å². The molecule has 0 saturated carbocycles. The van der Waals surface area contributed by atoms with Crippen LogP contribution in [0.2, 0.25) is 0 Å². The van der Waals surface area contributed by atoms with E-state index in [1.165, 1.54) is 30.3 Å². The number of nitrogens with zero attached hydrogens (tertiary/aromatic N) is 3. The van der Waals surface area contributed by atoms with Crippen molar-refractivity contribution in [1.29, 1.82) is 0 Å². The maximum atomic E-state index is 14.8. The van der Waals surface area contributed by atoms with Crippen LogP contribution in [-0.2, 0) is 21.3 Å². The van der Waals surface area contributed by atoms with Gasteiger partial charge in [0.2, 0.25) is 0 Å². The molecule has 0 radical (unpaired) electrons. The summed E-state index contributed by atoms with van der Waals surface area (Å²) in [5, 5.41) is 0.421. The zero-order valence-corrected chi connectivity index (χ0v) is 24.1. The zero-order chi connectivity index (χ0) is 28.7. The van der Waals surface area contributed by atoms with E-state index in [1.807, 2.05) is 19.1 Å². The number of aryl methyl sites for hydroxylation is 1. The summed E-state index contributed by atoms with van der Waals surface area (Å²) >= 11 is 1.62. The molecular formula is C30H27F2N3O4S2. The van der Waals surface area contributed by atoms with Gasteiger partial charge in [0.25, 0.3) is 10.0 Å². The van der Waals surface area contributed by atoms with Crippen LogP contribution in [0.5, 0.6) is 5.75 Å². The van der Waals surface area contributed by atoms with Crippen LogP contribution < -0.4 is 4.74 Å². The van der Waals surface area contributed by atoms with E-state index in [9.17, 15) is 17.2 Å². The Hall–Kier alpha value is -3.64. The van der Waals surface area contributed by atoms with Crippen LogP contribution in [0.1, 0.15) is 10.4 Å². The van der Waals surface area contributed by atoms with Crippen LogP contribution in [0.25, 0.3) is 32.6 Å². The molecule has 1 fully saturated rings. The average molecular weight is 596 g/mol. The first-order valence-corrected chi connectivity index (χ1v) is 15.3. The second kappa shape index (κ2) is 11.0. The van der Waals surface area contributed by atoms with Gasteiger partial charge in [-0.15, -0.1) is 11.3 Å². The Morgan fingerprint density at radius 3 is 2.51 bits per heavy atom. The molecule has 4 heterocycles. The van der Waals surface area contributed by atoms with Gasteiger partial charge in [-0.25, -0.2) is 26.2 Å². The zero-order valence-electron chi connectivity index (χ0n) is 22.4. The molecule has 0 N–H and O–H groups in total. The summed E-state index contributed by atoms with van der Waals surface area (Å²) in [5.41, 5.74) is 2.18. The first-order chi connectivity index (χ1) is 19.7. The van der Waals surface area contributed by atoms with Gasteiger partial charge in [-0.1, -0.05) is 17.7 Å². The van der Waals surface area contributed by atoms with E-state index in [-0.39, 0.29) is 27.4 Å². The summed E-state index contributed by atoms with van der Waals surface area (Å²) in [6, 6.07) is 14.2. The second-order valence-corrected chi connectivity index (χ2v) is 12.9. The van der Waals surface area contributed by atoms with Crippen molar-refractivity contribution in [3.05, 3.63) is 89.1 Å². The number of methoxy groups -OCH3 is 1. The van der Waals surface area contributed by atoms with Crippen LogP contribution in [0.15, 0.2) is 71.9 Å². The number of halogens is 2. The largest absolute Gasteiger partial charge is 0.493 e. The summed E-state index contributed by atoms with van der Waals surface area (Å²) < 4.78 is 68.6. The Morgan fingerprint density at radius 2 is 1.78 bits per heavy atom. The van der Waals surface area contributed by atoms with Gasteiger partial charge in [0.05, 0.1) is 25.2 Å². The van der Waals surface area contributed by atoms with Crippen molar-refractivity contribution in [2.75, 3.05) is 33.4 Å².